The molecule has 0 saturated carbocycles. The van der Waals surface area contributed by atoms with Crippen molar-refractivity contribution < 1.29 is 4.74 Å². The molecular formula is C14H30N2O. The minimum Gasteiger partial charge on any atom is -0.377 e. The molecule has 2 atom stereocenters. The second kappa shape index (κ2) is 6.72. The summed E-state index contributed by atoms with van der Waals surface area (Å²) in [5, 5.41) is 0. The first-order valence-electron chi connectivity index (χ1n) is 6.99. The number of nitrogens with zero attached hydrogens (tertiary/aromatic N) is 1. The van der Waals surface area contributed by atoms with Gasteiger partial charge in [0.1, 0.15) is 0 Å². The van der Waals surface area contributed by atoms with Crippen LogP contribution in [0.4, 0.5) is 0 Å². The zero-order chi connectivity index (χ0) is 12.9. The SMILES string of the molecule is COC(C)(C)C(N)CCN1CCCC(C)CC1. The van der Waals surface area contributed by atoms with Crippen molar-refractivity contribution in [2.75, 3.05) is 26.7 Å². The Morgan fingerprint density at radius 3 is 2.71 bits per heavy atom. The van der Waals surface area contributed by atoms with Crippen LogP contribution in [0, 0.1) is 5.92 Å². The fourth-order valence-electron chi connectivity index (χ4n) is 2.37. The predicted octanol–water partition coefficient (Wildman–Crippen LogP) is 2.25. The van der Waals surface area contributed by atoms with Gasteiger partial charge in [0.2, 0.25) is 0 Å². The van der Waals surface area contributed by atoms with Crippen LogP contribution in [0.2, 0.25) is 0 Å². The minimum atomic E-state index is -0.209. The molecule has 0 aromatic rings. The fourth-order valence-corrected chi connectivity index (χ4v) is 2.37. The van der Waals surface area contributed by atoms with Crippen LogP contribution in [0.15, 0.2) is 0 Å². The maximum atomic E-state index is 6.19. The van der Waals surface area contributed by atoms with E-state index in [4.69, 9.17) is 10.5 Å². The van der Waals surface area contributed by atoms with Crippen molar-refractivity contribution >= 4 is 0 Å². The van der Waals surface area contributed by atoms with Crippen LogP contribution in [0.1, 0.15) is 46.5 Å². The first-order valence-corrected chi connectivity index (χ1v) is 6.99. The van der Waals surface area contributed by atoms with Gasteiger partial charge in [0.25, 0.3) is 0 Å². The number of rotatable bonds is 5. The molecule has 0 radical (unpaired) electrons. The van der Waals surface area contributed by atoms with Gasteiger partial charge in [-0.25, -0.2) is 0 Å². The third-order valence-electron chi connectivity index (χ3n) is 4.28. The van der Waals surface area contributed by atoms with Gasteiger partial charge in [-0.05, 0) is 65.1 Å². The molecule has 0 amide bonds. The zero-order valence-corrected chi connectivity index (χ0v) is 12.0. The largest absolute Gasteiger partial charge is 0.377 e. The topological polar surface area (TPSA) is 38.5 Å². The van der Waals surface area contributed by atoms with Crippen molar-refractivity contribution in [1.29, 1.82) is 0 Å². The van der Waals surface area contributed by atoms with Gasteiger partial charge in [-0.3, -0.25) is 0 Å². The number of methoxy groups -OCH3 is 1. The van der Waals surface area contributed by atoms with E-state index in [1.54, 1.807) is 7.11 Å². The average molecular weight is 242 g/mol. The lowest BCUT2D eigenvalue weighted by Crippen LogP contribution is -2.46. The summed E-state index contributed by atoms with van der Waals surface area (Å²) >= 11 is 0. The van der Waals surface area contributed by atoms with Gasteiger partial charge >= 0.3 is 0 Å². The van der Waals surface area contributed by atoms with E-state index in [0.717, 1.165) is 18.9 Å². The van der Waals surface area contributed by atoms with Gasteiger partial charge in [-0.2, -0.15) is 0 Å². The van der Waals surface area contributed by atoms with E-state index >= 15 is 0 Å². The molecule has 3 heteroatoms. The van der Waals surface area contributed by atoms with Crippen LogP contribution < -0.4 is 5.73 Å². The number of hydrogen-bond acceptors (Lipinski definition) is 3. The third kappa shape index (κ3) is 4.94. The summed E-state index contributed by atoms with van der Waals surface area (Å²) in [4.78, 5) is 2.56. The summed E-state index contributed by atoms with van der Waals surface area (Å²) in [5.74, 6) is 0.893. The third-order valence-corrected chi connectivity index (χ3v) is 4.28. The Labute approximate surface area is 107 Å². The number of ether oxygens (including phenoxy) is 1. The molecule has 2 N–H and O–H groups in total. The van der Waals surface area contributed by atoms with Gasteiger partial charge in [0, 0.05) is 13.2 Å². The van der Waals surface area contributed by atoms with E-state index < -0.39 is 0 Å². The Morgan fingerprint density at radius 2 is 2.06 bits per heavy atom. The van der Waals surface area contributed by atoms with Gasteiger partial charge in [-0.15, -0.1) is 0 Å². The summed E-state index contributed by atoms with van der Waals surface area (Å²) in [6.07, 6.45) is 5.08. The molecule has 1 aliphatic heterocycles. The predicted molar refractivity (Wildman–Crippen MR) is 73.1 cm³/mol. The quantitative estimate of drug-likeness (QED) is 0.803. The van der Waals surface area contributed by atoms with Gasteiger partial charge in [-0.1, -0.05) is 6.92 Å². The van der Waals surface area contributed by atoms with Crippen LogP contribution >= 0.6 is 0 Å². The highest BCUT2D eigenvalue weighted by atomic mass is 16.5. The van der Waals surface area contributed by atoms with E-state index in [2.05, 4.69) is 25.7 Å². The van der Waals surface area contributed by atoms with Gasteiger partial charge in [0.05, 0.1) is 5.60 Å². The molecule has 0 aromatic carbocycles. The van der Waals surface area contributed by atoms with Crippen molar-refractivity contribution in [1.82, 2.24) is 4.90 Å². The molecule has 1 rings (SSSR count). The molecule has 1 fully saturated rings. The van der Waals surface area contributed by atoms with Crippen LogP contribution in [0.3, 0.4) is 0 Å². The Morgan fingerprint density at radius 1 is 1.35 bits per heavy atom. The highest BCUT2D eigenvalue weighted by Crippen LogP contribution is 2.18. The van der Waals surface area contributed by atoms with Crippen molar-refractivity contribution in [2.45, 2.75) is 58.1 Å². The molecule has 3 nitrogen and oxygen atoms in total. The van der Waals surface area contributed by atoms with Crippen LogP contribution in [-0.4, -0.2) is 43.3 Å². The van der Waals surface area contributed by atoms with E-state index in [9.17, 15) is 0 Å². The second-order valence-electron chi connectivity index (χ2n) is 6.08. The average Bonchev–Trinajstić information content (AvgIpc) is 2.51. The highest BCUT2D eigenvalue weighted by Gasteiger charge is 2.26. The van der Waals surface area contributed by atoms with E-state index in [0.29, 0.717) is 0 Å². The molecule has 1 aliphatic rings. The van der Waals surface area contributed by atoms with Crippen LogP contribution in [0.5, 0.6) is 0 Å². The lowest BCUT2D eigenvalue weighted by Gasteiger charge is -2.32. The highest BCUT2D eigenvalue weighted by molar-refractivity contribution is 4.83. The first-order chi connectivity index (χ1) is 7.95. The first kappa shape index (κ1) is 14.9. The molecule has 1 heterocycles. The smallest absolute Gasteiger partial charge is 0.0773 e. The summed E-state index contributed by atoms with van der Waals surface area (Å²) in [6.45, 7) is 10.1. The van der Waals surface area contributed by atoms with Gasteiger partial charge in [0.15, 0.2) is 0 Å². The number of nitrogens with two attached hydrogens (primary N) is 1. The lowest BCUT2D eigenvalue weighted by molar-refractivity contribution is -0.00365. The summed E-state index contributed by atoms with van der Waals surface area (Å²) in [7, 11) is 1.74. The molecule has 0 spiro atoms. The molecule has 2 unspecified atom stereocenters. The maximum Gasteiger partial charge on any atom is 0.0773 e. The van der Waals surface area contributed by atoms with Crippen molar-refractivity contribution in [3.63, 3.8) is 0 Å². The molecular weight excluding hydrogens is 212 g/mol. The minimum absolute atomic E-state index is 0.119. The normalized spacial score (nSPS) is 25.6. The summed E-state index contributed by atoms with van der Waals surface area (Å²) in [5.41, 5.74) is 5.98. The lowest BCUT2D eigenvalue weighted by atomic mass is 9.96. The van der Waals surface area contributed by atoms with Crippen LogP contribution in [0.25, 0.3) is 0 Å². The van der Waals surface area contributed by atoms with Crippen LogP contribution in [-0.2, 0) is 4.74 Å². The van der Waals surface area contributed by atoms with Crippen molar-refractivity contribution in [3.05, 3.63) is 0 Å². The number of likely N-dealkylation sites (tertiary alicyclic amines) is 1. The zero-order valence-electron chi connectivity index (χ0n) is 12.0. The Bertz CT molecular complexity index is 218. The number of hydrogen-bond donors (Lipinski definition) is 1. The maximum absolute atomic E-state index is 6.19. The Kier molecular flexibility index (Phi) is 5.90. The molecule has 17 heavy (non-hydrogen) atoms. The van der Waals surface area contributed by atoms with E-state index in [1.165, 1.54) is 32.4 Å². The van der Waals surface area contributed by atoms with Crippen molar-refractivity contribution in [3.8, 4) is 0 Å². The van der Waals surface area contributed by atoms with Crippen molar-refractivity contribution in [2.24, 2.45) is 11.7 Å². The standard InChI is InChI=1S/C14H30N2O/c1-12-6-5-9-16(10-7-12)11-8-13(15)14(2,3)17-4/h12-13H,5-11,15H2,1-4H3. The molecule has 0 bridgehead atoms. The Hall–Kier alpha value is -0.120. The molecule has 1 saturated heterocycles. The fraction of sp³-hybridized carbons (Fsp3) is 1.00. The van der Waals surface area contributed by atoms with Gasteiger partial charge < -0.3 is 15.4 Å². The monoisotopic (exact) mass is 242 g/mol. The molecule has 102 valence electrons. The summed E-state index contributed by atoms with van der Waals surface area (Å²) in [6, 6.07) is 0.119. The summed E-state index contributed by atoms with van der Waals surface area (Å²) < 4.78 is 5.44. The Balaban J connectivity index is 2.30. The molecule has 0 aliphatic carbocycles. The second-order valence-corrected chi connectivity index (χ2v) is 6.08. The van der Waals surface area contributed by atoms with E-state index in [-0.39, 0.29) is 11.6 Å². The molecule has 0 aromatic heterocycles. The van der Waals surface area contributed by atoms with E-state index in [1.807, 2.05) is 0 Å².